The summed E-state index contributed by atoms with van der Waals surface area (Å²) < 4.78 is 6.04. The van der Waals surface area contributed by atoms with Gasteiger partial charge in [0, 0.05) is 11.0 Å². The van der Waals surface area contributed by atoms with Crippen molar-refractivity contribution in [1.29, 1.82) is 0 Å². The fraction of sp³-hybridized carbons (Fsp3) is 0.455. The van der Waals surface area contributed by atoms with E-state index in [1.807, 2.05) is 24.3 Å². The van der Waals surface area contributed by atoms with Crippen molar-refractivity contribution in [2.45, 2.75) is 12.5 Å². The van der Waals surface area contributed by atoms with Gasteiger partial charge in [0.05, 0.1) is 6.10 Å². The molecule has 15 heavy (non-hydrogen) atoms. The molecule has 0 radical (unpaired) electrons. The van der Waals surface area contributed by atoms with Crippen molar-refractivity contribution in [1.82, 2.24) is 0 Å². The summed E-state index contributed by atoms with van der Waals surface area (Å²) >= 11 is 2.11. The number of hydrogen-bond acceptors (Lipinski definition) is 3. The van der Waals surface area contributed by atoms with E-state index >= 15 is 0 Å². The molecule has 0 aliphatic heterocycles. The van der Waals surface area contributed by atoms with Crippen molar-refractivity contribution in [3.63, 3.8) is 0 Å². The predicted molar refractivity (Wildman–Crippen MR) is 67.6 cm³/mol. The van der Waals surface area contributed by atoms with Crippen molar-refractivity contribution in [3.05, 3.63) is 29.8 Å². The molecule has 0 spiro atoms. The van der Waals surface area contributed by atoms with Gasteiger partial charge in [-0.1, -0.05) is 34.7 Å². The van der Waals surface area contributed by atoms with Crippen LogP contribution in [0.2, 0.25) is 0 Å². The lowest BCUT2D eigenvalue weighted by Gasteiger charge is -2.09. The van der Waals surface area contributed by atoms with E-state index in [0.29, 0.717) is 17.5 Å². The van der Waals surface area contributed by atoms with Gasteiger partial charge in [-0.05, 0) is 24.1 Å². The molecule has 0 saturated carbocycles. The molecule has 0 saturated heterocycles. The van der Waals surface area contributed by atoms with Gasteiger partial charge >= 0.3 is 0 Å². The summed E-state index contributed by atoms with van der Waals surface area (Å²) in [6, 6.07) is 7.54. The molecule has 0 bridgehead atoms. The minimum absolute atomic E-state index is 0.160. The maximum atomic E-state index is 9.29. The first-order valence-corrected chi connectivity index (χ1v) is 6.35. The van der Waals surface area contributed by atoms with Gasteiger partial charge in [-0.3, -0.25) is 0 Å². The predicted octanol–water partition coefficient (Wildman–Crippen LogP) is 1.40. The Bertz CT molecular complexity index is 274. The first kappa shape index (κ1) is 12.7. The molecule has 84 valence electrons. The Kier molecular flexibility index (Phi) is 5.97. The molecule has 4 heteroatoms. The molecule has 0 aliphatic carbocycles. The summed E-state index contributed by atoms with van der Waals surface area (Å²) in [6.07, 6.45) is 0.249. The van der Waals surface area contributed by atoms with E-state index in [-0.39, 0.29) is 6.61 Å². The SMILES string of the molecule is OCCc1ccc(OC[C@@H](O)CI)cc1. The molecular weight excluding hydrogens is 307 g/mol. The Morgan fingerprint density at radius 1 is 1.27 bits per heavy atom. The van der Waals surface area contributed by atoms with Crippen LogP contribution in [0.5, 0.6) is 5.75 Å². The molecule has 1 aromatic carbocycles. The van der Waals surface area contributed by atoms with E-state index < -0.39 is 6.10 Å². The van der Waals surface area contributed by atoms with Crippen LogP contribution in [-0.2, 0) is 6.42 Å². The average Bonchev–Trinajstić information content (AvgIpc) is 2.28. The second kappa shape index (κ2) is 7.03. The number of benzene rings is 1. The Morgan fingerprint density at radius 2 is 1.93 bits per heavy atom. The summed E-state index contributed by atoms with van der Waals surface area (Å²) in [7, 11) is 0. The maximum absolute atomic E-state index is 9.29. The number of aliphatic hydroxyl groups excluding tert-OH is 2. The molecular formula is C11H15IO3. The van der Waals surface area contributed by atoms with Crippen molar-refractivity contribution in [2.75, 3.05) is 17.6 Å². The van der Waals surface area contributed by atoms with Gasteiger partial charge in [0.15, 0.2) is 0 Å². The van der Waals surface area contributed by atoms with Crippen molar-refractivity contribution in [3.8, 4) is 5.75 Å². The lowest BCUT2D eigenvalue weighted by atomic mass is 10.1. The Labute approximate surface area is 103 Å². The highest BCUT2D eigenvalue weighted by molar-refractivity contribution is 14.1. The smallest absolute Gasteiger partial charge is 0.119 e. The van der Waals surface area contributed by atoms with E-state index in [9.17, 15) is 5.11 Å². The first-order valence-electron chi connectivity index (χ1n) is 4.83. The second-order valence-corrected chi connectivity index (χ2v) is 4.12. The number of alkyl halides is 1. The van der Waals surface area contributed by atoms with Crippen LogP contribution in [0.15, 0.2) is 24.3 Å². The van der Waals surface area contributed by atoms with Gasteiger partial charge in [0.25, 0.3) is 0 Å². The van der Waals surface area contributed by atoms with E-state index in [1.54, 1.807) is 0 Å². The van der Waals surface area contributed by atoms with Crippen LogP contribution in [0.4, 0.5) is 0 Å². The van der Waals surface area contributed by atoms with Gasteiger partial charge in [0.2, 0.25) is 0 Å². The summed E-state index contributed by atoms with van der Waals surface area (Å²) in [5, 5.41) is 18.0. The highest BCUT2D eigenvalue weighted by Gasteiger charge is 2.02. The molecule has 0 amide bonds. The average molecular weight is 322 g/mol. The second-order valence-electron chi connectivity index (χ2n) is 3.24. The van der Waals surface area contributed by atoms with Crippen molar-refractivity contribution >= 4 is 22.6 Å². The Balaban J connectivity index is 2.42. The molecule has 1 rings (SSSR count). The summed E-state index contributed by atoms with van der Waals surface area (Å²) in [6.45, 7) is 0.482. The van der Waals surface area contributed by atoms with E-state index in [4.69, 9.17) is 9.84 Å². The van der Waals surface area contributed by atoms with Gasteiger partial charge < -0.3 is 14.9 Å². The highest BCUT2D eigenvalue weighted by Crippen LogP contribution is 2.12. The Morgan fingerprint density at radius 3 is 2.47 bits per heavy atom. The molecule has 1 atom stereocenters. The van der Waals surface area contributed by atoms with Crippen LogP contribution < -0.4 is 4.74 Å². The third kappa shape index (κ3) is 4.81. The van der Waals surface area contributed by atoms with Gasteiger partial charge in [0.1, 0.15) is 12.4 Å². The summed E-state index contributed by atoms with van der Waals surface area (Å²) in [5.74, 6) is 0.751. The van der Waals surface area contributed by atoms with Crippen LogP contribution in [0.3, 0.4) is 0 Å². The van der Waals surface area contributed by atoms with Crippen molar-refractivity contribution < 1.29 is 14.9 Å². The van der Waals surface area contributed by atoms with Crippen LogP contribution in [0.1, 0.15) is 5.56 Å². The standard InChI is InChI=1S/C11H15IO3/c12-7-10(14)8-15-11-3-1-9(2-4-11)5-6-13/h1-4,10,13-14H,5-8H2/t10-/m0/s1. The third-order valence-electron chi connectivity index (χ3n) is 1.94. The largest absolute Gasteiger partial charge is 0.491 e. The summed E-state index contributed by atoms with van der Waals surface area (Å²) in [5.41, 5.74) is 1.08. The number of halogens is 1. The van der Waals surface area contributed by atoms with E-state index in [0.717, 1.165) is 11.3 Å². The van der Waals surface area contributed by atoms with Crippen molar-refractivity contribution in [2.24, 2.45) is 0 Å². The minimum atomic E-state index is -0.414. The molecule has 0 heterocycles. The quantitative estimate of drug-likeness (QED) is 0.615. The van der Waals surface area contributed by atoms with Crippen LogP contribution in [0.25, 0.3) is 0 Å². The maximum Gasteiger partial charge on any atom is 0.119 e. The zero-order valence-corrected chi connectivity index (χ0v) is 10.6. The molecule has 1 aromatic rings. The molecule has 0 unspecified atom stereocenters. The molecule has 3 nitrogen and oxygen atoms in total. The number of rotatable bonds is 6. The van der Waals surface area contributed by atoms with Crippen LogP contribution >= 0.6 is 22.6 Å². The third-order valence-corrected chi connectivity index (χ3v) is 2.96. The zero-order chi connectivity index (χ0) is 11.1. The topological polar surface area (TPSA) is 49.7 Å². The molecule has 2 N–H and O–H groups in total. The van der Waals surface area contributed by atoms with Crippen LogP contribution in [0, 0.1) is 0 Å². The number of aliphatic hydroxyl groups is 2. The molecule has 0 aromatic heterocycles. The normalized spacial score (nSPS) is 12.5. The first-order chi connectivity index (χ1) is 7.26. The minimum Gasteiger partial charge on any atom is -0.491 e. The van der Waals surface area contributed by atoms with Gasteiger partial charge in [-0.2, -0.15) is 0 Å². The lowest BCUT2D eigenvalue weighted by Crippen LogP contribution is -2.18. The van der Waals surface area contributed by atoms with Crippen LogP contribution in [-0.4, -0.2) is 34.0 Å². The van der Waals surface area contributed by atoms with E-state index in [1.165, 1.54) is 0 Å². The lowest BCUT2D eigenvalue weighted by molar-refractivity contribution is 0.128. The van der Waals surface area contributed by atoms with Gasteiger partial charge in [-0.15, -0.1) is 0 Å². The zero-order valence-electron chi connectivity index (χ0n) is 8.40. The molecule has 0 aliphatic rings. The summed E-state index contributed by atoms with van der Waals surface area (Å²) in [4.78, 5) is 0. The van der Waals surface area contributed by atoms with E-state index in [2.05, 4.69) is 22.6 Å². The Hall–Kier alpha value is -0.330. The fourth-order valence-corrected chi connectivity index (χ4v) is 1.37. The number of hydrogen-bond donors (Lipinski definition) is 2. The molecule has 0 fully saturated rings. The number of ether oxygens (including phenoxy) is 1. The highest BCUT2D eigenvalue weighted by atomic mass is 127. The van der Waals surface area contributed by atoms with Gasteiger partial charge in [-0.25, -0.2) is 0 Å². The fourth-order valence-electron chi connectivity index (χ4n) is 1.12. The monoisotopic (exact) mass is 322 g/mol.